The molecule has 2 aliphatic heterocycles. The quantitative estimate of drug-likeness (QED) is 0.745. The maximum Gasteiger partial charge on any atom is 0.233 e. The molecule has 24 heavy (non-hydrogen) atoms. The number of rotatable bonds is 4. The van der Waals surface area contributed by atoms with Gasteiger partial charge in [-0.25, -0.2) is 12.8 Å². The molecule has 0 saturated carbocycles. The number of carbonyl (C=O) groups excluding carboxylic acids is 1. The van der Waals surface area contributed by atoms with E-state index in [0.29, 0.717) is 24.6 Å². The highest BCUT2D eigenvalue weighted by Crippen LogP contribution is 2.18. The van der Waals surface area contributed by atoms with Crippen LogP contribution in [-0.4, -0.2) is 68.7 Å². The van der Waals surface area contributed by atoms with Gasteiger partial charge >= 0.3 is 0 Å². The largest absolute Gasteiger partial charge is 0.331 e. The van der Waals surface area contributed by atoms with E-state index < -0.39 is 9.84 Å². The fourth-order valence-electron chi connectivity index (χ4n) is 3.34. The van der Waals surface area contributed by atoms with Gasteiger partial charge in [-0.3, -0.25) is 4.79 Å². The summed E-state index contributed by atoms with van der Waals surface area (Å²) >= 11 is 1.41. The van der Waals surface area contributed by atoms with E-state index in [1.54, 1.807) is 12.1 Å². The van der Waals surface area contributed by atoms with Crippen LogP contribution in [0.3, 0.4) is 0 Å². The highest BCUT2D eigenvalue weighted by Gasteiger charge is 2.37. The Morgan fingerprint density at radius 2 is 1.92 bits per heavy atom. The van der Waals surface area contributed by atoms with Gasteiger partial charge in [0.05, 0.1) is 37.7 Å². The lowest BCUT2D eigenvalue weighted by Gasteiger charge is -2.35. The van der Waals surface area contributed by atoms with Crippen molar-refractivity contribution < 1.29 is 22.5 Å². The number of nitrogens with zero attached hydrogens (tertiary/aromatic N) is 1. The lowest BCUT2D eigenvalue weighted by atomic mass is 10.2. The number of halogens is 1. The van der Waals surface area contributed by atoms with Gasteiger partial charge in [-0.05, 0) is 24.3 Å². The number of hydrogen-bond donors (Lipinski definition) is 1. The Kier molecular flexibility index (Phi) is 5.46. The van der Waals surface area contributed by atoms with Crippen LogP contribution in [0.2, 0.25) is 0 Å². The number of sulfone groups is 1. The number of hydrogen-bond acceptors (Lipinski definition) is 4. The van der Waals surface area contributed by atoms with Crippen LogP contribution in [0.1, 0.15) is 6.42 Å². The van der Waals surface area contributed by atoms with E-state index in [4.69, 9.17) is 0 Å². The molecule has 0 aromatic heterocycles. The fraction of sp³-hybridized carbons (Fsp3) is 0.562. The zero-order valence-electron chi connectivity index (χ0n) is 13.4. The minimum absolute atomic E-state index is 0.0856. The van der Waals surface area contributed by atoms with Crippen LogP contribution in [0.25, 0.3) is 0 Å². The number of amides is 1. The van der Waals surface area contributed by atoms with E-state index in [9.17, 15) is 17.6 Å². The summed E-state index contributed by atoms with van der Waals surface area (Å²) in [4.78, 5) is 16.3. The average Bonchev–Trinajstić information content (AvgIpc) is 2.94. The van der Waals surface area contributed by atoms with Crippen molar-refractivity contribution in [2.75, 3.05) is 43.4 Å². The Labute approximate surface area is 146 Å². The standard InChI is InChI=1S/C16H21FN2O3S2/c17-13-1-3-15(4-2-13)23-11-16(20)19-8-6-18(7-9-19)14-5-10-24(21,22)12-14/h1-4,14H,5-12H2/p+1/t14-/m0/s1. The third kappa shape index (κ3) is 4.49. The Bertz CT molecular complexity index is 686. The summed E-state index contributed by atoms with van der Waals surface area (Å²) in [5.41, 5.74) is 0. The molecule has 1 atom stereocenters. The number of piperazine rings is 1. The first-order valence-corrected chi connectivity index (χ1v) is 10.9. The van der Waals surface area contributed by atoms with Crippen LogP contribution in [0.4, 0.5) is 4.39 Å². The highest BCUT2D eigenvalue weighted by atomic mass is 32.2. The van der Waals surface area contributed by atoms with Crippen LogP contribution in [0.5, 0.6) is 0 Å². The predicted molar refractivity (Wildman–Crippen MR) is 91.5 cm³/mol. The third-order valence-corrected chi connectivity index (χ3v) is 7.51. The van der Waals surface area contributed by atoms with Gasteiger partial charge in [0.2, 0.25) is 5.91 Å². The molecule has 2 aliphatic rings. The van der Waals surface area contributed by atoms with E-state index in [0.717, 1.165) is 24.4 Å². The van der Waals surface area contributed by atoms with Crippen molar-refractivity contribution in [2.24, 2.45) is 0 Å². The summed E-state index contributed by atoms with van der Waals surface area (Å²) in [5, 5.41) is 0. The molecule has 1 N–H and O–H groups in total. The van der Waals surface area contributed by atoms with Crippen molar-refractivity contribution in [1.29, 1.82) is 0 Å². The third-order valence-electron chi connectivity index (χ3n) is 4.74. The second kappa shape index (κ2) is 7.41. The Balaban J connectivity index is 1.44. The molecule has 0 unspecified atom stereocenters. The predicted octanol–water partition coefficient (Wildman–Crippen LogP) is -0.168. The molecule has 0 radical (unpaired) electrons. The molecule has 0 bridgehead atoms. The summed E-state index contributed by atoms with van der Waals surface area (Å²) in [7, 11) is -2.85. The molecular weight excluding hydrogens is 351 g/mol. The van der Waals surface area contributed by atoms with E-state index >= 15 is 0 Å². The summed E-state index contributed by atoms with van der Waals surface area (Å²) < 4.78 is 36.1. The van der Waals surface area contributed by atoms with Gasteiger partial charge in [-0.1, -0.05) is 0 Å². The average molecular weight is 373 g/mol. The van der Waals surface area contributed by atoms with Gasteiger partial charge in [0.1, 0.15) is 17.6 Å². The number of quaternary nitrogens is 1. The van der Waals surface area contributed by atoms with Gasteiger partial charge in [0.25, 0.3) is 0 Å². The Morgan fingerprint density at radius 1 is 1.25 bits per heavy atom. The second-order valence-corrected chi connectivity index (χ2v) is 9.66. The van der Waals surface area contributed by atoms with Crippen molar-refractivity contribution in [3.63, 3.8) is 0 Å². The maximum absolute atomic E-state index is 12.9. The van der Waals surface area contributed by atoms with Gasteiger partial charge < -0.3 is 9.80 Å². The lowest BCUT2D eigenvalue weighted by Crippen LogP contribution is -3.18. The molecule has 5 nitrogen and oxygen atoms in total. The Morgan fingerprint density at radius 3 is 2.50 bits per heavy atom. The summed E-state index contributed by atoms with van der Waals surface area (Å²) in [6.45, 7) is 2.98. The molecule has 0 aliphatic carbocycles. The first-order chi connectivity index (χ1) is 11.4. The lowest BCUT2D eigenvalue weighted by molar-refractivity contribution is -0.925. The van der Waals surface area contributed by atoms with Crippen LogP contribution in [0, 0.1) is 5.82 Å². The zero-order chi connectivity index (χ0) is 17.2. The molecule has 8 heteroatoms. The molecule has 0 spiro atoms. The highest BCUT2D eigenvalue weighted by molar-refractivity contribution is 8.00. The maximum atomic E-state index is 12.9. The molecule has 1 amide bonds. The SMILES string of the molecule is O=C(CSc1ccc(F)cc1)N1CC[NH+]([C@H]2CCS(=O)(=O)C2)CC1. The molecule has 3 rings (SSSR count). The van der Waals surface area contributed by atoms with Gasteiger partial charge in [0.15, 0.2) is 9.84 Å². The van der Waals surface area contributed by atoms with E-state index in [-0.39, 0.29) is 23.5 Å². The van der Waals surface area contributed by atoms with Crippen molar-refractivity contribution in [3.8, 4) is 0 Å². The van der Waals surface area contributed by atoms with Crippen LogP contribution in [-0.2, 0) is 14.6 Å². The number of benzene rings is 1. The monoisotopic (exact) mass is 373 g/mol. The van der Waals surface area contributed by atoms with Gasteiger partial charge in [-0.2, -0.15) is 0 Å². The van der Waals surface area contributed by atoms with E-state index in [1.807, 2.05) is 4.90 Å². The van der Waals surface area contributed by atoms with E-state index in [1.165, 1.54) is 28.8 Å². The van der Waals surface area contributed by atoms with Gasteiger partial charge in [0, 0.05) is 11.3 Å². The van der Waals surface area contributed by atoms with Crippen LogP contribution < -0.4 is 4.90 Å². The molecule has 2 fully saturated rings. The fourth-order valence-corrected chi connectivity index (χ4v) is 5.96. The smallest absolute Gasteiger partial charge is 0.233 e. The molecule has 2 heterocycles. The number of thioether (sulfide) groups is 1. The van der Waals surface area contributed by atoms with Crippen molar-refractivity contribution in [1.82, 2.24) is 4.90 Å². The number of carbonyl (C=O) groups is 1. The van der Waals surface area contributed by atoms with Gasteiger partial charge in [-0.15, -0.1) is 11.8 Å². The molecule has 1 aromatic carbocycles. The van der Waals surface area contributed by atoms with Crippen LogP contribution in [0.15, 0.2) is 29.2 Å². The minimum atomic E-state index is -2.85. The second-order valence-electron chi connectivity index (χ2n) is 6.38. The first-order valence-electron chi connectivity index (χ1n) is 8.14. The molecule has 132 valence electrons. The molecule has 1 aromatic rings. The van der Waals surface area contributed by atoms with Crippen molar-refractivity contribution >= 4 is 27.5 Å². The number of nitrogens with one attached hydrogen (secondary N) is 1. The summed E-state index contributed by atoms with van der Waals surface area (Å²) in [6.07, 6.45) is 0.742. The summed E-state index contributed by atoms with van der Waals surface area (Å²) in [6, 6.07) is 6.34. The molecular formula is C16H22FN2O3S2+. The normalized spacial score (nSPS) is 24.2. The van der Waals surface area contributed by atoms with E-state index in [2.05, 4.69) is 0 Å². The van der Waals surface area contributed by atoms with Crippen LogP contribution >= 0.6 is 11.8 Å². The molecule has 2 saturated heterocycles. The minimum Gasteiger partial charge on any atom is -0.331 e. The first kappa shape index (κ1) is 17.7. The van der Waals surface area contributed by atoms with Crippen molar-refractivity contribution in [3.05, 3.63) is 30.1 Å². The topological polar surface area (TPSA) is 58.9 Å². The van der Waals surface area contributed by atoms with Crippen molar-refractivity contribution in [2.45, 2.75) is 17.4 Å². The Hall–Kier alpha value is -1.12. The zero-order valence-corrected chi connectivity index (χ0v) is 15.0. The summed E-state index contributed by atoms with van der Waals surface area (Å²) in [5.74, 6) is 0.745.